The van der Waals surface area contributed by atoms with E-state index < -0.39 is 0 Å². The monoisotopic (exact) mass is 288 g/mol. The van der Waals surface area contributed by atoms with Crippen molar-refractivity contribution in [2.45, 2.75) is 20.3 Å². The molecule has 0 aliphatic carbocycles. The number of anilines is 1. The van der Waals surface area contributed by atoms with E-state index in [0.29, 0.717) is 23.7 Å². The fourth-order valence-electron chi connectivity index (χ4n) is 1.64. The quantitative estimate of drug-likeness (QED) is 0.874. The number of carbonyl (C=O) groups is 2. The Morgan fingerprint density at radius 2 is 2.10 bits per heavy atom. The van der Waals surface area contributed by atoms with Crippen molar-refractivity contribution in [1.82, 2.24) is 15.5 Å². The molecule has 110 valence electrons. The maximum absolute atomic E-state index is 12.1. The minimum absolute atomic E-state index is 0.201. The van der Waals surface area contributed by atoms with Gasteiger partial charge in [-0.3, -0.25) is 14.6 Å². The highest BCUT2D eigenvalue weighted by atomic mass is 16.5. The van der Waals surface area contributed by atoms with Crippen molar-refractivity contribution in [2.75, 3.05) is 11.9 Å². The number of pyridine rings is 1. The van der Waals surface area contributed by atoms with Crippen LogP contribution in [0.15, 0.2) is 28.9 Å². The molecule has 2 heterocycles. The molecule has 0 radical (unpaired) electrons. The SMILES string of the molecule is CCCNC(=O)c1cc(C(=O)Nc2cc(C)on2)ccn1. The Bertz CT molecular complexity index is 651. The number of aromatic nitrogens is 2. The van der Waals surface area contributed by atoms with Crippen molar-refractivity contribution < 1.29 is 14.1 Å². The Kier molecular flexibility index (Phi) is 4.65. The molecule has 2 N–H and O–H groups in total. The minimum atomic E-state index is -0.379. The van der Waals surface area contributed by atoms with E-state index in [2.05, 4.69) is 20.8 Å². The summed E-state index contributed by atoms with van der Waals surface area (Å²) in [6.07, 6.45) is 2.25. The van der Waals surface area contributed by atoms with Gasteiger partial charge in [0.05, 0.1) is 0 Å². The van der Waals surface area contributed by atoms with E-state index in [4.69, 9.17) is 4.52 Å². The molecule has 0 aliphatic rings. The number of carbonyl (C=O) groups excluding carboxylic acids is 2. The fourth-order valence-corrected chi connectivity index (χ4v) is 1.64. The molecular formula is C14H16N4O3. The second kappa shape index (κ2) is 6.65. The van der Waals surface area contributed by atoms with Gasteiger partial charge >= 0.3 is 0 Å². The first-order valence-corrected chi connectivity index (χ1v) is 6.59. The highest BCUT2D eigenvalue weighted by molar-refractivity contribution is 6.05. The van der Waals surface area contributed by atoms with Crippen LogP contribution in [0.4, 0.5) is 5.82 Å². The number of nitrogens with one attached hydrogen (secondary N) is 2. The molecule has 7 heteroatoms. The lowest BCUT2D eigenvalue weighted by molar-refractivity contribution is 0.0948. The average molecular weight is 288 g/mol. The van der Waals surface area contributed by atoms with Gasteiger partial charge in [0.1, 0.15) is 11.5 Å². The van der Waals surface area contributed by atoms with Crippen LogP contribution in [0.2, 0.25) is 0 Å². The molecule has 0 saturated carbocycles. The fraction of sp³-hybridized carbons (Fsp3) is 0.286. The maximum Gasteiger partial charge on any atom is 0.269 e. The van der Waals surface area contributed by atoms with Gasteiger partial charge in [0.25, 0.3) is 11.8 Å². The Morgan fingerprint density at radius 1 is 1.29 bits per heavy atom. The molecule has 2 amide bonds. The second-order valence-electron chi connectivity index (χ2n) is 4.46. The van der Waals surface area contributed by atoms with Gasteiger partial charge in [-0.2, -0.15) is 0 Å². The van der Waals surface area contributed by atoms with Crippen LogP contribution in [0.3, 0.4) is 0 Å². The van der Waals surface area contributed by atoms with E-state index in [1.54, 1.807) is 13.0 Å². The van der Waals surface area contributed by atoms with Crippen LogP contribution in [-0.4, -0.2) is 28.5 Å². The summed E-state index contributed by atoms with van der Waals surface area (Å²) in [5, 5.41) is 8.97. The molecule has 2 aromatic rings. The normalized spacial score (nSPS) is 10.2. The van der Waals surface area contributed by atoms with Crippen LogP contribution in [0, 0.1) is 6.92 Å². The third kappa shape index (κ3) is 3.88. The summed E-state index contributed by atoms with van der Waals surface area (Å²) in [6, 6.07) is 4.57. The Hall–Kier alpha value is -2.70. The van der Waals surface area contributed by atoms with E-state index in [9.17, 15) is 9.59 Å². The topological polar surface area (TPSA) is 97.1 Å². The molecule has 7 nitrogen and oxygen atoms in total. The first-order valence-electron chi connectivity index (χ1n) is 6.59. The standard InChI is InChI=1S/C14H16N4O3/c1-3-5-16-14(20)11-8-10(4-6-15-11)13(19)17-12-7-9(2)21-18-12/h4,6-8H,3,5H2,1-2H3,(H,16,20)(H,17,18,19). The first-order chi connectivity index (χ1) is 10.1. The number of hydrogen-bond donors (Lipinski definition) is 2. The summed E-state index contributed by atoms with van der Waals surface area (Å²) in [4.78, 5) is 27.8. The molecule has 0 bridgehead atoms. The number of rotatable bonds is 5. The number of hydrogen-bond acceptors (Lipinski definition) is 5. The van der Waals surface area contributed by atoms with Gasteiger partial charge in [0, 0.05) is 24.4 Å². The molecule has 0 unspecified atom stereocenters. The highest BCUT2D eigenvalue weighted by Gasteiger charge is 2.12. The van der Waals surface area contributed by atoms with Crippen LogP contribution in [0.5, 0.6) is 0 Å². The lowest BCUT2D eigenvalue weighted by Gasteiger charge is -2.05. The van der Waals surface area contributed by atoms with E-state index >= 15 is 0 Å². The van der Waals surface area contributed by atoms with E-state index in [1.165, 1.54) is 18.3 Å². The summed E-state index contributed by atoms with van der Waals surface area (Å²) < 4.78 is 4.87. The van der Waals surface area contributed by atoms with E-state index in [-0.39, 0.29) is 17.5 Å². The lowest BCUT2D eigenvalue weighted by Crippen LogP contribution is -2.25. The molecule has 0 aromatic carbocycles. The zero-order chi connectivity index (χ0) is 15.2. The molecule has 0 atom stereocenters. The third-order valence-corrected chi connectivity index (χ3v) is 2.66. The second-order valence-corrected chi connectivity index (χ2v) is 4.46. The van der Waals surface area contributed by atoms with Crippen LogP contribution in [0.1, 0.15) is 40.0 Å². The number of amides is 2. The largest absolute Gasteiger partial charge is 0.360 e. The van der Waals surface area contributed by atoms with E-state index in [0.717, 1.165) is 6.42 Å². The number of aryl methyl sites for hydroxylation is 1. The van der Waals surface area contributed by atoms with Crippen molar-refractivity contribution in [3.63, 3.8) is 0 Å². The Morgan fingerprint density at radius 3 is 2.76 bits per heavy atom. The van der Waals surface area contributed by atoms with Gasteiger partial charge in [0.15, 0.2) is 5.82 Å². The minimum Gasteiger partial charge on any atom is -0.360 e. The molecule has 0 aliphatic heterocycles. The molecule has 2 aromatic heterocycles. The van der Waals surface area contributed by atoms with Crippen molar-refractivity contribution in [2.24, 2.45) is 0 Å². The summed E-state index contributed by atoms with van der Waals surface area (Å²) in [5.41, 5.74) is 0.528. The predicted molar refractivity (Wildman–Crippen MR) is 76.1 cm³/mol. The van der Waals surface area contributed by atoms with Gasteiger partial charge in [-0.05, 0) is 25.5 Å². The van der Waals surface area contributed by atoms with Crippen LogP contribution in [-0.2, 0) is 0 Å². The molecule has 0 saturated heterocycles. The van der Waals surface area contributed by atoms with Gasteiger partial charge in [0.2, 0.25) is 0 Å². The van der Waals surface area contributed by atoms with Crippen molar-refractivity contribution in [3.05, 3.63) is 41.4 Å². The van der Waals surface area contributed by atoms with Crippen LogP contribution < -0.4 is 10.6 Å². The maximum atomic E-state index is 12.1. The molecular weight excluding hydrogens is 272 g/mol. The first kappa shape index (κ1) is 14.7. The smallest absolute Gasteiger partial charge is 0.269 e. The lowest BCUT2D eigenvalue weighted by atomic mass is 10.2. The summed E-state index contributed by atoms with van der Waals surface area (Å²) in [5.74, 6) is 0.241. The van der Waals surface area contributed by atoms with Gasteiger partial charge < -0.3 is 15.2 Å². The summed E-state index contributed by atoms with van der Waals surface area (Å²) >= 11 is 0. The van der Waals surface area contributed by atoms with Gasteiger partial charge in [-0.1, -0.05) is 12.1 Å². The number of nitrogens with zero attached hydrogens (tertiary/aromatic N) is 2. The van der Waals surface area contributed by atoms with Gasteiger partial charge in [-0.25, -0.2) is 0 Å². The average Bonchev–Trinajstić information content (AvgIpc) is 2.90. The Balaban J connectivity index is 2.09. The highest BCUT2D eigenvalue weighted by Crippen LogP contribution is 2.10. The van der Waals surface area contributed by atoms with Crippen LogP contribution in [0.25, 0.3) is 0 Å². The molecule has 0 fully saturated rings. The predicted octanol–water partition coefficient (Wildman–Crippen LogP) is 1.77. The van der Waals surface area contributed by atoms with E-state index in [1.807, 2.05) is 6.92 Å². The van der Waals surface area contributed by atoms with Gasteiger partial charge in [-0.15, -0.1) is 0 Å². The zero-order valence-corrected chi connectivity index (χ0v) is 11.8. The molecule has 0 spiro atoms. The summed E-state index contributed by atoms with van der Waals surface area (Å²) in [7, 11) is 0. The molecule has 2 rings (SSSR count). The molecule has 21 heavy (non-hydrogen) atoms. The summed E-state index contributed by atoms with van der Waals surface area (Å²) in [6.45, 7) is 4.25. The third-order valence-electron chi connectivity index (χ3n) is 2.66. The van der Waals surface area contributed by atoms with Crippen molar-refractivity contribution in [1.29, 1.82) is 0 Å². The zero-order valence-electron chi connectivity index (χ0n) is 11.8. The van der Waals surface area contributed by atoms with Crippen LogP contribution >= 0.6 is 0 Å². The Labute approximate surface area is 121 Å². The van der Waals surface area contributed by atoms with Crippen molar-refractivity contribution in [3.8, 4) is 0 Å². The van der Waals surface area contributed by atoms with Crippen molar-refractivity contribution >= 4 is 17.6 Å².